The predicted octanol–water partition coefficient (Wildman–Crippen LogP) is 2.66. The molecule has 25 heavy (non-hydrogen) atoms. The fraction of sp³-hybridized carbons (Fsp3) is 0.412. The van der Waals surface area contributed by atoms with Gasteiger partial charge < -0.3 is 15.2 Å². The number of rotatable bonds is 9. The average Bonchev–Trinajstić information content (AvgIpc) is 2.53. The number of carboxylic acid groups (broad SMARTS) is 1. The van der Waals surface area contributed by atoms with Crippen molar-refractivity contribution < 1.29 is 32.6 Å². The Morgan fingerprint density at radius 2 is 2.08 bits per heavy atom. The van der Waals surface area contributed by atoms with E-state index < -0.39 is 35.6 Å². The van der Waals surface area contributed by atoms with E-state index in [0.717, 1.165) is 12.1 Å². The Kier molecular flexibility index (Phi) is 7.63. The normalized spacial score (nSPS) is 13.8. The Labute approximate surface area is 143 Å². The highest BCUT2D eigenvalue weighted by atomic mass is 19.4. The molecule has 0 radical (unpaired) electrons. The molecule has 5 nitrogen and oxygen atoms in total. The van der Waals surface area contributed by atoms with Gasteiger partial charge in [0.1, 0.15) is 0 Å². The van der Waals surface area contributed by atoms with Crippen molar-refractivity contribution in [1.29, 1.82) is 0 Å². The third-order valence-corrected chi connectivity index (χ3v) is 3.38. The zero-order valence-electron chi connectivity index (χ0n) is 13.7. The fourth-order valence-electron chi connectivity index (χ4n) is 2.08. The van der Waals surface area contributed by atoms with E-state index in [1.165, 1.54) is 25.1 Å². The van der Waals surface area contributed by atoms with Crippen LogP contribution in [-0.4, -0.2) is 36.2 Å². The molecule has 0 aliphatic carbocycles. The number of aliphatic carboxylic acids is 1. The fourth-order valence-corrected chi connectivity index (χ4v) is 2.08. The maximum Gasteiger partial charge on any atom is 0.416 e. The number of hydrogen-bond acceptors (Lipinski definition) is 3. The quantitative estimate of drug-likeness (QED) is 0.525. The van der Waals surface area contributed by atoms with Crippen molar-refractivity contribution in [3.63, 3.8) is 0 Å². The SMILES string of the molecule is C=CCOCC(NC(=O)C(C)Cc1cccc(C(F)(F)F)c1)C(=O)O. The molecule has 0 heterocycles. The number of benzene rings is 1. The predicted molar refractivity (Wildman–Crippen MR) is 84.9 cm³/mol. The lowest BCUT2D eigenvalue weighted by Gasteiger charge is -2.18. The summed E-state index contributed by atoms with van der Waals surface area (Å²) in [6, 6.07) is 3.45. The van der Waals surface area contributed by atoms with Crippen LogP contribution >= 0.6 is 0 Å². The Balaban J connectivity index is 2.69. The molecular formula is C17H20F3NO4. The van der Waals surface area contributed by atoms with Crippen LogP contribution in [-0.2, 0) is 26.9 Å². The van der Waals surface area contributed by atoms with Gasteiger partial charge in [-0.05, 0) is 18.1 Å². The zero-order chi connectivity index (χ0) is 19.0. The lowest BCUT2D eigenvalue weighted by molar-refractivity contribution is -0.144. The van der Waals surface area contributed by atoms with Gasteiger partial charge >= 0.3 is 12.1 Å². The van der Waals surface area contributed by atoms with E-state index in [0.29, 0.717) is 5.56 Å². The van der Waals surface area contributed by atoms with Gasteiger partial charge in [-0.15, -0.1) is 6.58 Å². The molecule has 1 rings (SSSR count). The molecule has 0 saturated heterocycles. The molecule has 1 amide bonds. The first-order valence-electron chi connectivity index (χ1n) is 7.53. The van der Waals surface area contributed by atoms with E-state index in [1.54, 1.807) is 0 Å². The van der Waals surface area contributed by atoms with Crippen molar-refractivity contribution >= 4 is 11.9 Å². The van der Waals surface area contributed by atoms with E-state index in [2.05, 4.69) is 11.9 Å². The molecule has 8 heteroatoms. The Morgan fingerprint density at radius 3 is 2.64 bits per heavy atom. The Morgan fingerprint density at radius 1 is 1.40 bits per heavy atom. The second-order valence-corrected chi connectivity index (χ2v) is 5.53. The highest BCUT2D eigenvalue weighted by Gasteiger charge is 2.30. The van der Waals surface area contributed by atoms with Gasteiger partial charge in [-0.3, -0.25) is 4.79 Å². The molecule has 0 fully saturated rings. The van der Waals surface area contributed by atoms with E-state index in [4.69, 9.17) is 9.84 Å². The van der Waals surface area contributed by atoms with Gasteiger partial charge in [-0.2, -0.15) is 13.2 Å². The number of ether oxygens (including phenoxy) is 1. The molecular weight excluding hydrogens is 339 g/mol. The molecule has 0 aromatic heterocycles. The number of carbonyl (C=O) groups excluding carboxylic acids is 1. The summed E-state index contributed by atoms with van der Waals surface area (Å²) in [4.78, 5) is 23.2. The van der Waals surface area contributed by atoms with Crippen LogP contribution in [0.25, 0.3) is 0 Å². The van der Waals surface area contributed by atoms with Crippen molar-refractivity contribution in [2.75, 3.05) is 13.2 Å². The van der Waals surface area contributed by atoms with Gasteiger partial charge in [0.15, 0.2) is 6.04 Å². The van der Waals surface area contributed by atoms with Crippen molar-refractivity contribution in [1.82, 2.24) is 5.32 Å². The molecule has 138 valence electrons. The van der Waals surface area contributed by atoms with Crippen LogP contribution in [0.1, 0.15) is 18.1 Å². The van der Waals surface area contributed by atoms with Crippen LogP contribution < -0.4 is 5.32 Å². The summed E-state index contributed by atoms with van der Waals surface area (Å²) in [6.07, 6.45) is -2.97. The van der Waals surface area contributed by atoms with Crippen LogP contribution in [0, 0.1) is 5.92 Å². The summed E-state index contributed by atoms with van der Waals surface area (Å²) in [5, 5.41) is 11.4. The Hall–Kier alpha value is -2.35. The number of alkyl halides is 3. The number of amides is 1. The van der Waals surface area contributed by atoms with Crippen molar-refractivity contribution in [2.45, 2.75) is 25.6 Å². The second-order valence-electron chi connectivity index (χ2n) is 5.53. The lowest BCUT2D eigenvalue weighted by Crippen LogP contribution is -2.46. The zero-order valence-corrected chi connectivity index (χ0v) is 13.7. The first kappa shape index (κ1) is 20.7. The third kappa shape index (κ3) is 6.96. The smallest absolute Gasteiger partial charge is 0.416 e. The molecule has 2 unspecified atom stereocenters. The van der Waals surface area contributed by atoms with E-state index in [-0.39, 0.29) is 19.6 Å². The van der Waals surface area contributed by atoms with Gasteiger partial charge in [-0.1, -0.05) is 31.2 Å². The summed E-state index contributed by atoms with van der Waals surface area (Å²) >= 11 is 0. The summed E-state index contributed by atoms with van der Waals surface area (Å²) in [5.41, 5.74) is -0.453. The summed E-state index contributed by atoms with van der Waals surface area (Å²) in [7, 11) is 0. The molecule has 0 aliphatic rings. The number of nitrogens with one attached hydrogen (secondary N) is 1. The van der Waals surface area contributed by atoms with Crippen LogP contribution in [0.5, 0.6) is 0 Å². The first-order valence-corrected chi connectivity index (χ1v) is 7.53. The second kappa shape index (κ2) is 9.22. The minimum absolute atomic E-state index is 0.0512. The average molecular weight is 359 g/mol. The van der Waals surface area contributed by atoms with Gasteiger partial charge in [0, 0.05) is 5.92 Å². The molecule has 0 spiro atoms. The van der Waals surface area contributed by atoms with Gasteiger partial charge in [0.25, 0.3) is 0 Å². The molecule has 0 saturated carbocycles. The molecule has 1 aromatic carbocycles. The summed E-state index contributed by atoms with van der Waals surface area (Å²) in [6.45, 7) is 4.84. The van der Waals surface area contributed by atoms with E-state index >= 15 is 0 Å². The third-order valence-electron chi connectivity index (χ3n) is 3.38. The number of hydrogen-bond donors (Lipinski definition) is 2. The first-order chi connectivity index (χ1) is 11.6. The summed E-state index contributed by atoms with van der Waals surface area (Å²) < 4.78 is 43.1. The molecule has 2 N–H and O–H groups in total. The van der Waals surface area contributed by atoms with Crippen LogP contribution in [0.4, 0.5) is 13.2 Å². The highest BCUT2D eigenvalue weighted by molar-refractivity contribution is 5.85. The lowest BCUT2D eigenvalue weighted by atomic mass is 9.98. The minimum Gasteiger partial charge on any atom is -0.480 e. The maximum absolute atomic E-state index is 12.7. The van der Waals surface area contributed by atoms with Crippen molar-refractivity contribution in [2.24, 2.45) is 5.92 Å². The maximum atomic E-state index is 12.7. The van der Waals surface area contributed by atoms with Crippen molar-refractivity contribution in [3.05, 3.63) is 48.0 Å². The van der Waals surface area contributed by atoms with Crippen LogP contribution in [0.3, 0.4) is 0 Å². The standard InChI is InChI=1S/C17H20F3NO4/c1-3-7-25-10-14(16(23)24)21-15(22)11(2)8-12-5-4-6-13(9-12)17(18,19)20/h3-6,9,11,14H,1,7-8,10H2,2H3,(H,21,22)(H,23,24). The molecule has 0 bridgehead atoms. The van der Waals surface area contributed by atoms with Gasteiger partial charge in [-0.25, -0.2) is 4.79 Å². The molecule has 2 atom stereocenters. The van der Waals surface area contributed by atoms with Gasteiger partial charge in [0.05, 0.1) is 18.8 Å². The molecule has 0 aliphatic heterocycles. The Bertz CT molecular complexity index is 616. The van der Waals surface area contributed by atoms with Crippen LogP contribution in [0.2, 0.25) is 0 Å². The number of carbonyl (C=O) groups is 2. The van der Waals surface area contributed by atoms with E-state index in [1.807, 2.05) is 0 Å². The van der Waals surface area contributed by atoms with E-state index in [9.17, 15) is 22.8 Å². The number of halogens is 3. The monoisotopic (exact) mass is 359 g/mol. The minimum atomic E-state index is -4.46. The number of carboxylic acids is 1. The van der Waals surface area contributed by atoms with Gasteiger partial charge in [0.2, 0.25) is 5.91 Å². The summed E-state index contributed by atoms with van der Waals surface area (Å²) in [5.74, 6) is -2.54. The van der Waals surface area contributed by atoms with Crippen molar-refractivity contribution in [3.8, 4) is 0 Å². The highest BCUT2D eigenvalue weighted by Crippen LogP contribution is 2.30. The topological polar surface area (TPSA) is 75.6 Å². The largest absolute Gasteiger partial charge is 0.480 e. The van der Waals surface area contributed by atoms with Crippen LogP contribution in [0.15, 0.2) is 36.9 Å². The molecule has 1 aromatic rings.